The van der Waals surface area contributed by atoms with Crippen LogP contribution in [0, 0.1) is 6.92 Å². The van der Waals surface area contributed by atoms with E-state index in [0.29, 0.717) is 35.2 Å². The number of nitrogens with zero attached hydrogens (tertiary/aromatic N) is 1. The van der Waals surface area contributed by atoms with Crippen LogP contribution in [0.25, 0.3) is 5.76 Å². The normalized spacial score (nSPS) is 24.8. The molecule has 3 aliphatic heterocycles. The predicted octanol–water partition coefficient (Wildman–Crippen LogP) is 2.92. The lowest BCUT2D eigenvalue weighted by Crippen LogP contribution is -2.36. The number of aliphatic hydroxyl groups is 1. The Balaban J connectivity index is 1.60. The summed E-state index contributed by atoms with van der Waals surface area (Å²) in [6, 6.07) is 7.54. The van der Waals surface area contributed by atoms with Gasteiger partial charge in [0.1, 0.15) is 23.3 Å². The van der Waals surface area contributed by atoms with E-state index in [9.17, 15) is 14.7 Å². The van der Waals surface area contributed by atoms with Gasteiger partial charge in [0.25, 0.3) is 11.7 Å². The fourth-order valence-corrected chi connectivity index (χ4v) is 4.17. The standard InChI is InChI=1S/C22H21NO7/c1-12-4-6-16(30-12)19-18(20(24)13-5-7-15-17(9-13)29-11-28-15)21(25)22(26)23(19)10-14-3-2-8-27-14/h4-7,9,14,19,24H,2-3,8,10-11H2,1H3/b20-18-. The number of hydrogen-bond donors (Lipinski definition) is 1. The van der Waals surface area contributed by atoms with Crippen molar-refractivity contribution in [1.82, 2.24) is 4.90 Å². The number of benzene rings is 1. The van der Waals surface area contributed by atoms with Gasteiger partial charge in [-0.2, -0.15) is 0 Å². The molecule has 1 N–H and O–H groups in total. The molecule has 2 fully saturated rings. The molecule has 0 spiro atoms. The van der Waals surface area contributed by atoms with E-state index in [1.54, 1.807) is 37.3 Å². The van der Waals surface area contributed by atoms with Gasteiger partial charge in [-0.25, -0.2) is 0 Å². The zero-order valence-electron chi connectivity index (χ0n) is 16.4. The molecule has 2 aromatic rings. The fraction of sp³-hybridized carbons (Fsp3) is 0.364. The SMILES string of the molecule is Cc1ccc(C2/C(=C(/O)c3ccc4c(c3)OCO4)C(=O)C(=O)N2CC2CCCO2)o1. The summed E-state index contributed by atoms with van der Waals surface area (Å²) >= 11 is 0. The number of amides is 1. The average molecular weight is 411 g/mol. The number of likely N-dealkylation sites (tertiary alicyclic amines) is 1. The maximum atomic E-state index is 13.0. The topological polar surface area (TPSA) is 98.4 Å². The van der Waals surface area contributed by atoms with Gasteiger partial charge in [-0.15, -0.1) is 0 Å². The lowest BCUT2D eigenvalue weighted by Gasteiger charge is -2.25. The molecule has 156 valence electrons. The summed E-state index contributed by atoms with van der Waals surface area (Å²) in [6.45, 7) is 2.77. The first kappa shape index (κ1) is 18.7. The first-order chi connectivity index (χ1) is 14.5. The second-order valence-corrected chi connectivity index (χ2v) is 7.60. The first-order valence-corrected chi connectivity index (χ1v) is 9.89. The van der Waals surface area contributed by atoms with Crippen molar-refractivity contribution in [2.24, 2.45) is 0 Å². The van der Waals surface area contributed by atoms with Crippen molar-refractivity contribution < 1.29 is 33.3 Å². The fourth-order valence-electron chi connectivity index (χ4n) is 4.17. The Hall–Kier alpha value is -3.26. The number of hydrogen-bond acceptors (Lipinski definition) is 7. The largest absolute Gasteiger partial charge is 0.507 e. The number of ether oxygens (including phenoxy) is 3. The Kier molecular flexibility index (Phi) is 4.51. The molecule has 2 unspecified atom stereocenters. The van der Waals surface area contributed by atoms with Crippen LogP contribution in [0.15, 0.2) is 40.3 Å². The molecule has 2 atom stereocenters. The third-order valence-electron chi connectivity index (χ3n) is 5.64. The predicted molar refractivity (Wildman–Crippen MR) is 104 cm³/mol. The van der Waals surface area contributed by atoms with E-state index in [1.165, 1.54) is 4.90 Å². The molecule has 3 aliphatic rings. The number of carbonyl (C=O) groups is 2. The monoisotopic (exact) mass is 411 g/mol. The van der Waals surface area contributed by atoms with E-state index < -0.39 is 17.7 Å². The van der Waals surface area contributed by atoms with Crippen LogP contribution in [0.1, 0.15) is 36.0 Å². The highest BCUT2D eigenvalue weighted by Gasteiger charge is 2.48. The maximum Gasteiger partial charge on any atom is 0.295 e. The molecule has 1 aromatic heterocycles. The van der Waals surface area contributed by atoms with Crippen LogP contribution in [0.3, 0.4) is 0 Å². The summed E-state index contributed by atoms with van der Waals surface area (Å²) in [5.41, 5.74) is 0.355. The molecule has 8 heteroatoms. The third kappa shape index (κ3) is 3.04. The van der Waals surface area contributed by atoms with Crippen LogP contribution in [0.2, 0.25) is 0 Å². The Labute approximate surface area is 172 Å². The third-order valence-corrected chi connectivity index (χ3v) is 5.64. The van der Waals surface area contributed by atoms with E-state index in [2.05, 4.69) is 0 Å². The molecule has 4 heterocycles. The summed E-state index contributed by atoms with van der Waals surface area (Å²) < 4.78 is 22.1. The Morgan fingerprint density at radius 1 is 1.17 bits per heavy atom. The zero-order chi connectivity index (χ0) is 20.8. The summed E-state index contributed by atoms with van der Waals surface area (Å²) in [5.74, 6) is 0.402. The van der Waals surface area contributed by atoms with Crippen molar-refractivity contribution >= 4 is 17.4 Å². The quantitative estimate of drug-likeness (QED) is 0.469. The molecule has 2 saturated heterocycles. The van der Waals surface area contributed by atoms with Crippen LogP contribution < -0.4 is 9.47 Å². The van der Waals surface area contributed by atoms with Gasteiger partial charge in [0.15, 0.2) is 11.5 Å². The minimum atomic E-state index is -0.826. The highest BCUT2D eigenvalue weighted by atomic mass is 16.7. The summed E-state index contributed by atoms with van der Waals surface area (Å²) in [7, 11) is 0. The van der Waals surface area contributed by atoms with Gasteiger partial charge in [0.2, 0.25) is 6.79 Å². The minimum Gasteiger partial charge on any atom is -0.507 e. The Morgan fingerprint density at radius 3 is 2.73 bits per heavy atom. The number of carbonyl (C=O) groups excluding carboxylic acids is 2. The molecule has 0 aliphatic carbocycles. The van der Waals surface area contributed by atoms with Crippen LogP contribution in [-0.4, -0.2) is 47.7 Å². The summed E-state index contributed by atoms with van der Waals surface area (Å²) in [4.78, 5) is 27.3. The van der Waals surface area contributed by atoms with Gasteiger partial charge in [0, 0.05) is 18.7 Å². The molecule has 30 heavy (non-hydrogen) atoms. The second-order valence-electron chi connectivity index (χ2n) is 7.60. The van der Waals surface area contributed by atoms with Crippen molar-refractivity contribution in [3.05, 3.63) is 53.0 Å². The van der Waals surface area contributed by atoms with Crippen LogP contribution >= 0.6 is 0 Å². The van der Waals surface area contributed by atoms with Crippen molar-refractivity contribution in [3.63, 3.8) is 0 Å². The van der Waals surface area contributed by atoms with Crippen molar-refractivity contribution in [2.75, 3.05) is 19.9 Å². The summed E-state index contributed by atoms with van der Waals surface area (Å²) in [6.07, 6.45) is 1.58. The Bertz CT molecular complexity index is 1050. The van der Waals surface area contributed by atoms with E-state index in [1.807, 2.05) is 0 Å². The lowest BCUT2D eigenvalue weighted by molar-refractivity contribution is -0.141. The van der Waals surface area contributed by atoms with E-state index in [0.717, 1.165) is 12.8 Å². The number of Topliss-reactive ketones (excluding diaryl/α,β-unsaturated/α-hetero) is 1. The van der Waals surface area contributed by atoms with Gasteiger partial charge in [-0.3, -0.25) is 9.59 Å². The highest BCUT2D eigenvalue weighted by molar-refractivity contribution is 6.46. The molecule has 0 radical (unpaired) electrons. The smallest absolute Gasteiger partial charge is 0.295 e. The van der Waals surface area contributed by atoms with Gasteiger partial charge in [0.05, 0.1) is 11.7 Å². The lowest BCUT2D eigenvalue weighted by atomic mass is 9.99. The molecule has 1 aromatic carbocycles. The number of rotatable bonds is 4. The highest BCUT2D eigenvalue weighted by Crippen LogP contribution is 2.42. The second kappa shape index (κ2) is 7.21. The molecular weight excluding hydrogens is 390 g/mol. The number of aliphatic hydroxyl groups excluding tert-OH is 1. The van der Waals surface area contributed by atoms with Crippen LogP contribution in [0.4, 0.5) is 0 Å². The van der Waals surface area contributed by atoms with Crippen molar-refractivity contribution in [1.29, 1.82) is 0 Å². The summed E-state index contributed by atoms with van der Waals surface area (Å²) in [5, 5.41) is 11.1. The molecule has 0 bridgehead atoms. The average Bonchev–Trinajstić information content (AvgIpc) is 3.52. The molecule has 0 saturated carbocycles. The van der Waals surface area contributed by atoms with E-state index >= 15 is 0 Å². The number of aryl methyl sites for hydroxylation is 1. The zero-order valence-corrected chi connectivity index (χ0v) is 16.4. The van der Waals surface area contributed by atoms with Gasteiger partial charge >= 0.3 is 0 Å². The first-order valence-electron chi connectivity index (χ1n) is 9.89. The number of furan rings is 1. The van der Waals surface area contributed by atoms with Gasteiger partial charge in [-0.1, -0.05) is 0 Å². The molecule has 1 amide bonds. The van der Waals surface area contributed by atoms with Crippen LogP contribution in [0.5, 0.6) is 11.5 Å². The number of ketones is 1. The van der Waals surface area contributed by atoms with Crippen molar-refractivity contribution in [2.45, 2.75) is 31.9 Å². The molecule has 5 rings (SSSR count). The van der Waals surface area contributed by atoms with E-state index in [4.69, 9.17) is 18.6 Å². The Morgan fingerprint density at radius 2 is 2.00 bits per heavy atom. The molecule has 8 nitrogen and oxygen atoms in total. The maximum absolute atomic E-state index is 13.0. The van der Waals surface area contributed by atoms with Gasteiger partial charge < -0.3 is 28.6 Å². The number of fused-ring (bicyclic) bond motifs is 1. The van der Waals surface area contributed by atoms with Gasteiger partial charge in [-0.05, 0) is 50.1 Å². The van der Waals surface area contributed by atoms with Crippen LogP contribution in [-0.2, 0) is 14.3 Å². The van der Waals surface area contributed by atoms with Crippen molar-refractivity contribution in [3.8, 4) is 11.5 Å². The van der Waals surface area contributed by atoms with E-state index in [-0.39, 0.29) is 30.8 Å². The molecular formula is C22H21NO7. The minimum absolute atomic E-state index is 0.00814.